The Labute approximate surface area is 143 Å². The molecular weight excluding hydrogens is 337 g/mol. The molecular formula is C17H13Cl2NO3. The van der Waals surface area contributed by atoms with Crippen molar-refractivity contribution in [3.05, 3.63) is 75.9 Å². The van der Waals surface area contributed by atoms with Crippen LogP contribution in [0.25, 0.3) is 0 Å². The molecule has 0 aliphatic carbocycles. The molecule has 0 atom stereocenters. The summed E-state index contributed by atoms with van der Waals surface area (Å²) < 4.78 is 4.62. The molecule has 0 bridgehead atoms. The van der Waals surface area contributed by atoms with Gasteiger partial charge in [0.1, 0.15) is 0 Å². The maximum absolute atomic E-state index is 12.0. The van der Waals surface area contributed by atoms with Crippen LogP contribution in [0.15, 0.2) is 54.7 Å². The molecule has 0 amide bonds. The van der Waals surface area contributed by atoms with E-state index in [2.05, 4.69) is 10.1 Å². The fourth-order valence-electron chi connectivity index (χ4n) is 1.78. The number of carbonyl (C=O) groups is 2. The molecule has 2 aromatic rings. The minimum absolute atomic E-state index is 0.206. The Hall–Kier alpha value is -2.30. The van der Waals surface area contributed by atoms with Crippen molar-refractivity contribution in [1.82, 2.24) is 0 Å². The molecule has 118 valence electrons. The van der Waals surface area contributed by atoms with Gasteiger partial charge >= 0.3 is 5.97 Å². The predicted molar refractivity (Wildman–Crippen MR) is 91.3 cm³/mol. The van der Waals surface area contributed by atoms with E-state index in [1.54, 1.807) is 36.4 Å². The first kappa shape index (κ1) is 17.1. The summed E-state index contributed by atoms with van der Waals surface area (Å²) >= 11 is 11.7. The van der Waals surface area contributed by atoms with E-state index in [9.17, 15) is 9.59 Å². The van der Waals surface area contributed by atoms with Gasteiger partial charge in [-0.3, -0.25) is 4.79 Å². The first-order valence-corrected chi connectivity index (χ1v) is 7.37. The van der Waals surface area contributed by atoms with Crippen molar-refractivity contribution in [2.75, 3.05) is 12.4 Å². The quantitative estimate of drug-likeness (QED) is 0.487. The fraction of sp³-hybridized carbons (Fsp3) is 0.0588. The number of ether oxygens (including phenoxy) is 1. The van der Waals surface area contributed by atoms with Crippen molar-refractivity contribution in [2.45, 2.75) is 0 Å². The maximum atomic E-state index is 12.0. The Morgan fingerprint density at radius 3 is 2.26 bits per heavy atom. The van der Waals surface area contributed by atoms with Gasteiger partial charge < -0.3 is 10.1 Å². The molecule has 0 saturated heterocycles. The molecule has 23 heavy (non-hydrogen) atoms. The molecule has 2 aromatic carbocycles. The lowest BCUT2D eigenvalue weighted by molar-refractivity contribution is 0.0600. The molecule has 0 heterocycles. The summed E-state index contributed by atoms with van der Waals surface area (Å²) in [5.74, 6) is -0.607. The van der Waals surface area contributed by atoms with Crippen LogP contribution in [-0.4, -0.2) is 18.9 Å². The Bertz CT molecular complexity index is 755. The topological polar surface area (TPSA) is 55.4 Å². The van der Waals surface area contributed by atoms with Crippen LogP contribution in [0.5, 0.6) is 0 Å². The van der Waals surface area contributed by atoms with Gasteiger partial charge in [-0.1, -0.05) is 23.2 Å². The van der Waals surface area contributed by atoms with Crippen LogP contribution in [0.4, 0.5) is 5.69 Å². The lowest BCUT2D eigenvalue weighted by Crippen LogP contribution is -2.01. The number of carbonyl (C=O) groups excluding carboxylic acids is 2. The summed E-state index contributed by atoms with van der Waals surface area (Å²) in [6.45, 7) is 0. The number of hydrogen-bond donors (Lipinski definition) is 1. The monoisotopic (exact) mass is 349 g/mol. The van der Waals surface area contributed by atoms with Gasteiger partial charge in [0.05, 0.1) is 22.7 Å². The molecule has 0 unspecified atom stereocenters. The van der Waals surface area contributed by atoms with Crippen molar-refractivity contribution in [2.24, 2.45) is 0 Å². The van der Waals surface area contributed by atoms with Gasteiger partial charge in [-0.2, -0.15) is 0 Å². The van der Waals surface area contributed by atoms with E-state index in [0.717, 1.165) is 5.69 Å². The van der Waals surface area contributed by atoms with Crippen LogP contribution in [-0.2, 0) is 4.74 Å². The molecule has 0 aromatic heterocycles. The minimum atomic E-state index is -0.401. The summed E-state index contributed by atoms with van der Waals surface area (Å²) in [5.41, 5.74) is 1.63. The van der Waals surface area contributed by atoms with Crippen LogP contribution >= 0.6 is 23.2 Å². The molecule has 2 rings (SSSR count). The third kappa shape index (κ3) is 4.58. The Morgan fingerprint density at radius 2 is 1.65 bits per heavy atom. The molecule has 1 N–H and O–H groups in total. The van der Waals surface area contributed by atoms with Crippen LogP contribution in [0.1, 0.15) is 20.7 Å². The van der Waals surface area contributed by atoms with Crippen LogP contribution in [0.3, 0.4) is 0 Å². The molecule has 0 saturated carbocycles. The molecule has 0 spiro atoms. The molecule has 0 fully saturated rings. The maximum Gasteiger partial charge on any atom is 0.337 e. The number of allylic oxidation sites excluding steroid dienone is 1. The average molecular weight is 350 g/mol. The summed E-state index contributed by atoms with van der Waals surface area (Å²) in [5, 5.41) is 3.67. The zero-order chi connectivity index (χ0) is 16.8. The number of benzene rings is 2. The normalized spacial score (nSPS) is 10.6. The molecule has 4 nitrogen and oxygen atoms in total. The lowest BCUT2D eigenvalue weighted by atomic mass is 10.1. The second-order valence-electron chi connectivity index (χ2n) is 4.54. The largest absolute Gasteiger partial charge is 0.465 e. The number of esters is 1. The third-order valence-electron chi connectivity index (χ3n) is 2.99. The Balaban J connectivity index is 1.99. The summed E-state index contributed by atoms with van der Waals surface area (Å²) in [4.78, 5) is 23.3. The van der Waals surface area contributed by atoms with E-state index in [-0.39, 0.29) is 5.78 Å². The summed E-state index contributed by atoms with van der Waals surface area (Å²) in [6, 6.07) is 11.4. The van der Waals surface area contributed by atoms with E-state index >= 15 is 0 Å². The highest BCUT2D eigenvalue weighted by Crippen LogP contribution is 2.22. The van der Waals surface area contributed by atoms with Crippen molar-refractivity contribution in [1.29, 1.82) is 0 Å². The highest BCUT2D eigenvalue weighted by atomic mass is 35.5. The lowest BCUT2D eigenvalue weighted by Gasteiger charge is -2.03. The Morgan fingerprint density at radius 1 is 1.00 bits per heavy atom. The third-order valence-corrected chi connectivity index (χ3v) is 3.73. The van der Waals surface area contributed by atoms with Gasteiger partial charge in [-0.15, -0.1) is 0 Å². The van der Waals surface area contributed by atoms with E-state index < -0.39 is 5.97 Å². The number of hydrogen-bond acceptors (Lipinski definition) is 4. The van der Waals surface area contributed by atoms with Crippen LogP contribution in [0, 0.1) is 0 Å². The number of nitrogens with one attached hydrogen (secondary N) is 1. The summed E-state index contributed by atoms with van der Waals surface area (Å²) in [6.07, 6.45) is 2.89. The van der Waals surface area contributed by atoms with E-state index in [0.29, 0.717) is 21.2 Å². The number of ketones is 1. The first-order valence-electron chi connectivity index (χ1n) is 6.62. The minimum Gasteiger partial charge on any atom is -0.465 e. The zero-order valence-electron chi connectivity index (χ0n) is 12.2. The number of rotatable bonds is 5. The standard InChI is InChI=1S/C17H13Cl2NO3/c1-23-17(22)11-2-5-13(6-3-11)20-9-8-16(21)12-4-7-14(18)15(19)10-12/h2-10,20H,1H3. The number of anilines is 1. The van der Waals surface area contributed by atoms with Crippen molar-refractivity contribution in [3.63, 3.8) is 0 Å². The van der Waals surface area contributed by atoms with Gasteiger partial charge in [0.15, 0.2) is 5.78 Å². The number of halogens is 2. The van der Waals surface area contributed by atoms with Crippen LogP contribution < -0.4 is 5.32 Å². The fourth-order valence-corrected chi connectivity index (χ4v) is 2.08. The average Bonchev–Trinajstić information content (AvgIpc) is 2.57. The number of methoxy groups -OCH3 is 1. The van der Waals surface area contributed by atoms with Gasteiger partial charge in [0, 0.05) is 23.5 Å². The predicted octanol–water partition coefficient (Wildman–Crippen LogP) is 4.59. The molecule has 0 aliphatic rings. The summed E-state index contributed by atoms with van der Waals surface area (Å²) in [7, 11) is 1.33. The second-order valence-corrected chi connectivity index (χ2v) is 5.35. The second kappa shape index (κ2) is 7.81. The van der Waals surface area contributed by atoms with E-state index in [4.69, 9.17) is 23.2 Å². The van der Waals surface area contributed by atoms with Gasteiger partial charge in [0.25, 0.3) is 0 Å². The smallest absolute Gasteiger partial charge is 0.337 e. The van der Waals surface area contributed by atoms with Crippen molar-refractivity contribution >= 4 is 40.6 Å². The van der Waals surface area contributed by atoms with E-state index in [1.165, 1.54) is 25.5 Å². The highest BCUT2D eigenvalue weighted by molar-refractivity contribution is 6.42. The first-order chi connectivity index (χ1) is 11.0. The SMILES string of the molecule is COC(=O)c1ccc(NC=CC(=O)c2ccc(Cl)c(Cl)c2)cc1. The van der Waals surface area contributed by atoms with E-state index in [1.807, 2.05) is 0 Å². The van der Waals surface area contributed by atoms with Crippen LogP contribution in [0.2, 0.25) is 10.0 Å². The molecule has 0 aliphatic heterocycles. The van der Waals surface area contributed by atoms with Gasteiger partial charge in [-0.05, 0) is 42.5 Å². The van der Waals surface area contributed by atoms with Gasteiger partial charge in [-0.25, -0.2) is 4.79 Å². The molecule has 0 radical (unpaired) electrons. The van der Waals surface area contributed by atoms with Gasteiger partial charge in [0.2, 0.25) is 0 Å². The zero-order valence-corrected chi connectivity index (χ0v) is 13.7. The van der Waals surface area contributed by atoms with Crippen molar-refractivity contribution < 1.29 is 14.3 Å². The molecule has 6 heteroatoms. The van der Waals surface area contributed by atoms with Crippen molar-refractivity contribution in [3.8, 4) is 0 Å². The Kier molecular flexibility index (Phi) is 5.79. The highest BCUT2D eigenvalue weighted by Gasteiger charge is 2.05.